The smallest absolute Gasteiger partial charge is 0.119 e. The first-order chi connectivity index (χ1) is 9.86. The van der Waals surface area contributed by atoms with Gasteiger partial charge in [0.15, 0.2) is 0 Å². The molecule has 3 atom stereocenters. The molecule has 4 rings (SSSR count). The Kier molecular flexibility index (Phi) is 2.69. The number of nitrogens with zero attached hydrogens (tertiary/aromatic N) is 1. The molecule has 2 nitrogen and oxygen atoms in total. The molecule has 0 spiro atoms. The van der Waals surface area contributed by atoms with Gasteiger partial charge in [-0.25, -0.2) is 0 Å². The van der Waals surface area contributed by atoms with Gasteiger partial charge < -0.3 is 9.64 Å². The van der Waals surface area contributed by atoms with E-state index in [1.54, 1.807) is 7.11 Å². The predicted molar refractivity (Wildman–Crippen MR) is 81.2 cm³/mol. The van der Waals surface area contributed by atoms with E-state index in [-0.39, 0.29) is 0 Å². The van der Waals surface area contributed by atoms with Gasteiger partial charge in [0.2, 0.25) is 0 Å². The topological polar surface area (TPSA) is 12.5 Å². The van der Waals surface area contributed by atoms with Crippen molar-refractivity contribution < 1.29 is 4.74 Å². The van der Waals surface area contributed by atoms with E-state index in [1.807, 2.05) is 0 Å². The molecular weight excluding hydrogens is 246 g/mol. The Labute approximate surface area is 120 Å². The lowest BCUT2D eigenvalue weighted by Crippen LogP contribution is -2.26. The van der Waals surface area contributed by atoms with Gasteiger partial charge in [-0.15, -0.1) is 0 Å². The van der Waals surface area contributed by atoms with Crippen LogP contribution in [0.3, 0.4) is 0 Å². The van der Waals surface area contributed by atoms with Crippen LogP contribution in [0.5, 0.6) is 5.75 Å². The zero-order chi connectivity index (χ0) is 13.5. The molecule has 2 fully saturated rings. The highest BCUT2D eigenvalue weighted by Gasteiger charge is 2.52. The fraction of sp³-hybridized carbons (Fsp3) is 0.333. The number of fused-ring (bicyclic) bond motifs is 1. The summed E-state index contributed by atoms with van der Waals surface area (Å²) in [6.07, 6.45) is 2.65. The number of ether oxygens (including phenoxy) is 1. The van der Waals surface area contributed by atoms with Crippen molar-refractivity contribution in [3.8, 4) is 5.75 Å². The SMILES string of the molecule is COc1ccc(N2[C@@H]3C[C@@H]3C[C@H]2c2ccccc2)cc1. The summed E-state index contributed by atoms with van der Waals surface area (Å²) in [5, 5.41) is 0. The van der Waals surface area contributed by atoms with E-state index < -0.39 is 0 Å². The molecule has 1 aliphatic carbocycles. The van der Waals surface area contributed by atoms with E-state index in [9.17, 15) is 0 Å². The van der Waals surface area contributed by atoms with Gasteiger partial charge in [-0.05, 0) is 48.6 Å². The third-order valence-corrected chi connectivity index (χ3v) is 4.66. The molecule has 1 heterocycles. The Balaban J connectivity index is 1.67. The number of piperidine rings is 1. The minimum Gasteiger partial charge on any atom is -0.497 e. The average molecular weight is 265 g/mol. The van der Waals surface area contributed by atoms with Gasteiger partial charge in [0, 0.05) is 11.7 Å². The second-order valence-electron chi connectivity index (χ2n) is 5.83. The van der Waals surface area contributed by atoms with Crippen LogP contribution in [0.2, 0.25) is 0 Å². The maximum atomic E-state index is 5.26. The second-order valence-corrected chi connectivity index (χ2v) is 5.83. The van der Waals surface area contributed by atoms with Gasteiger partial charge in [-0.3, -0.25) is 0 Å². The Morgan fingerprint density at radius 2 is 1.70 bits per heavy atom. The first-order valence-electron chi connectivity index (χ1n) is 7.34. The van der Waals surface area contributed by atoms with Crippen molar-refractivity contribution in [1.82, 2.24) is 0 Å². The molecule has 102 valence electrons. The first-order valence-corrected chi connectivity index (χ1v) is 7.34. The van der Waals surface area contributed by atoms with Crippen molar-refractivity contribution in [2.24, 2.45) is 5.92 Å². The standard InChI is InChI=1S/C18H19NO/c1-20-16-9-7-15(8-10-16)19-17(11-14-12-18(14)19)13-5-3-2-4-6-13/h2-10,14,17-18H,11-12H2,1H3/t14-,17-,18+/m0/s1. The minimum absolute atomic E-state index is 0.536. The summed E-state index contributed by atoms with van der Waals surface area (Å²) in [6.45, 7) is 0. The summed E-state index contributed by atoms with van der Waals surface area (Å²) >= 11 is 0. The van der Waals surface area contributed by atoms with Crippen LogP contribution in [0, 0.1) is 5.92 Å². The Bertz CT molecular complexity index is 593. The first kappa shape index (κ1) is 11.8. The van der Waals surface area contributed by atoms with E-state index >= 15 is 0 Å². The molecule has 0 bridgehead atoms. The van der Waals surface area contributed by atoms with Crippen LogP contribution in [0.1, 0.15) is 24.4 Å². The molecule has 1 aliphatic heterocycles. The normalized spacial score (nSPS) is 27.2. The fourth-order valence-electron chi connectivity index (χ4n) is 3.55. The fourth-order valence-corrected chi connectivity index (χ4v) is 3.55. The number of hydrogen-bond acceptors (Lipinski definition) is 2. The van der Waals surface area contributed by atoms with Gasteiger partial charge >= 0.3 is 0 Å². The van der Waals surface area contributed by atoms with Crippen LogP contribution in [-0.4, -0.2) is 13.2 Å². The summed E-state index contributed by atoms with van der Waals surface area (Å²) in [7, 11) is 1.72. The van der Waals surface area contributed by atoms with E-state index in [2.05, 4.69) is 59.5 Å². The molecular formula is C18H19NO. The highest BCUT2D eigenvalue weighted by molar-refractivity contribution is 5.55. The van der Waals surface area contributed by atoms with Crippen LogP contribution in [-0.2, 0) is 0 Å². The summed E-state index contributed by atoms with van der Waals surface area (Å²) in [4.78, 5) is 2.61. The molecule has 20 heavy (non-hydrogen) atoms. The minimum atomic E-state index is 0.536. The van der Waals surface area contributed by atoms with E-state index in [1.165, 1.54) is 24.1 Å². The number of benzene rings is 2. The van der Waals surface area contributed by atoms with Gasteiger partial charge in [0.25, 0.3) is 0 Å². The lowest BCUT2D eigenvalue weighted by Gasteiger charge is -2.30. The summed E-state index contributed by atoms with van der Waals surface area (Å²) in [5.41, 5.74) is 2.76. The number of anilines is 1. The van der Waals surface area contributed by atoms with Crippen LogP contribution < -0.4 is 9.64 Å². The lowest BCUT2D eigenvalue weighted by atomic mass is 10.0. The molecule has 1 saturated heterocycles. The van der Waals surface area contributed by atoms with Crippen LogP contribution >= 0.6 is 0 Å². The third kappa shape index (κ3) is 1.87. The molecule has 2 aromatic carbocycles. The van der Waals surface area contributed by atoms with Crippen LogP contribution in [0.25, 0.3) is 0 Å². The molecule has 0 aromatic heterocycles. The van der Waals surface area contributed by atoms with Crippen molar-refractivity contribution in [2.75, 3.05) is 12.0 Å². The van der Waals surface area contributed by atoms with Crippen molar-refractivity contribution in [3.63, 3.8) is 0 Å². The number of rotatable bonds is 3. The molecule has 2 heteroatoms. The molecule has 0 radical (unpaired) electrons. The summed E-state index contributed by atoms with van der Waals surface area (Å²) < 4.78 is 5.26. The van der Waals surface area contributed by atoms with Crippen molar-refractivity contribution in [1.29, 1.82) is 0 Å². The van der Waals surface area contributed by atoms with Crippen LogP contribution in [0.15, 0.2) is 54.6 Å². The largest absolute Gasteiger partial charge is 0.497 e. The second kappa shape index (κ2) is 4.55. The monoisotopic (exact) mass is 265 g/mol. The van der Waals surface area contributed by atoms with Crippen LogP contribution in [0.4, 0.5) is 5.69 Å². The van der Waals surface area contributed by atoms with Crippen molar-refractivity contribution >= 4 is 5.69 Å². The molecule has 2 aromatic rings. The zero-order valence-corrected chi connectivity index (χ0v) is 11.7. The maximum Gasteiger partial charge on any atom is 0.119 e. The Morgan fingerprint density at radius 1 is 0.950 bits per heavy atom. The van der Waals surface area contributed by atoms with Crippen molar-refractivity contribution in [3.05, 3.63) is 60.2 Å². The van der Waals surface area contributed by atoms with Gasteiger partial charge in [-0.1, -0.05) is 30.3 Å². The Morgan fingerprint density at radius 3 is 2.40 bits per heavy atom. The van der Waals surface area contributed by atoms with Gasteiger partial charge in [0.05, 0.1) is 13.2 Å². The maximum absolute atomic E-state index is 5.26. The Hall–Kier alpha value is -1.96. The molecule has 0 amide bonds. The molecule has 1 saturated carbocycles. The van der Waals surface area contributed by atoms with E-state index in [0.717, 1.165) is 17.7 Å². The predicted octanol–water partition coefficient (Wildman–Crippen LogP) is 4.04. The van der Waals surface area contributed by atoms with Crippen molar-refractivity contribution in [2.45, 2.75) is 24.9 Å². The molecule has 0 unspecified atom stereocenters. The van der Waals surface area contributed by atoms with E-state index in [4.69, 9.17) is 4.74 Å². The number of methoxy groups -OCH3 is 1. The quantitative estimate of drug-likeness (QED) is 0.830. The van der Waals surface area contributed by atoms with Gasteiger partial charge in [-0.2, -0.15) is 0 Å². The zero-order valence-electron chi connectivity index (χ0n) is 11.7. The third-order valence-electron chi connectivity index (χ3n) is 4.66. The summed E-state index contributed by atoms with van der Waals surface area (Å²) in [6, 6.07) is 20.7. The highest BCUT2D eigenvalue weighted by Crippen LogP contribution is 2.55. The highest BCUT2D eigenvalue weighted by atomic mass is 16.5. The average Bonchev–Trinajstić information content (AvgIpc) is 3.19. The number of hydrogen-bond donors (Lipinski definition) is 0. The summed E-state index contributed by atoms with van der Waals surface area (Å²) in [5.74, 6) is 1.82. The molecule has 0 N–H and O–H groups in total. The molecule has 2 aliphatic rings. The van der Waals surface area contributed by atoms with Gasteiger partial charge in [0.1, 0.15) is 5.75 Å². The lowest BCUT2D eigenvalue weighted by molar-refractivity contribution is 0.415. The van der Waals surface area contributed by atoms with E-state index in [0.29, 0.717) is 6.04 Å².